The van der Waals surface area contributed by atoms with Gasteiger partial charge in [-0.05, 0) is 31.5 Å². The first kappa shape index (κ1) is 17.6. The summed E-state index contributed by atoms with van der Waals surface area (Å²) in [6.07, 6.45) is 2.87. The average Bonchev–Trinajstić information content (AvgIpc) is 3.10. The van der Waals surface area contributed by atoms with E-state index in [0.717, 1.165) is 38.0 Å². The van der Waals surface area contributed by atoms with Crippen LogP contribution in [0.2, 0.25) is 0 Å². The van der Waals surface area contributed by atoms with E-state index in [0.29, 0.717) is 6.04 Å². The summed E-state index contributed by atoms with van der Waals surface area (Å²) in [7, 11) is 1.82. The third-order valence-electron chi connectivity index (χ3n) is 4.59. The molecule has 0 saturated carbocycles. The van der Waals surface area contributed by atoms with Crippen LogP contribution in [-0.4, -0.2) is 68.6 Å². The maximum atomic E-state index is 5.98. The van der Waals surface area contributed by atoms with Gasteiger partial charge in [0.05, 0.1) is 12.7 Å². The van der Waals surface area contributed by atoms with Crippen molar-refractivity contribution in [3.8, 4) is 0 Å². The smallest absolute Gasteiger partial charge is 0.191 e. The van der Waals surface area contributed by atoms with Crippen LogP contribution < -0.4 is 10.6 Å². The van der Waals surface area contributed by atoms with Crippen molar-refractivity contribution in [1.29, 1.82) is 0 Å². The third kappa shape index (κ3) is 5.13. The number of rotatable bonds is 6. The lowest BCUT2D eigenvalue weighted by atomic mass is 10.2. The number of benzene rings is 1. The number of nitrogens with zero attached hydrogens (tertiary/aromatic N) is 2. The fourth-order valence-electron chi connectivity index (χ4n) is 3.30. The number of morpholine rings is 1. The van der Waals surface area contributed by atoms with Crippen molar-refractivity contribution in [2.75, 3.05) is 45.6 Å². The minimum Gasteiger partial charge on any atom is -0.373 e. The molecule has 2 fully saturated rings. The van der Waals surface area contributed by atoms with E-state index < -0.39 is 0 Å². The summed E-state index contributed by atoms with van der Waals surface area (Å²) in [6, 6.07) is 11.1. The lowest BCUT2D eigenvalue weighted by Gasteiger charge is -2.35. The number of hydrogen-bond acceptors (Lipinski definition) is 4. The summed E-state index contributed by atoms with van der Waals surface area (Å²) in [4.78, 5) is 8.18. The molecule has 0 bridgehead atoms. The molecule has 2 aliphatic rings. The molecule has 6 heteroatoms. The van der Waals surface area contributed by atoms with Gasteiger partial charge in [-0.3, -0.25) is 9.89 Å². The van der Waals surface area contributed by atoms with Crippen molar-refractivity contribution in [2.24, 2.45) is 4.99 Å². The van der Waals surface area contributed by atoms with Crippen molar-refractivity contribution in [2.45, 2.75) is 29.9 Å². The lowest BCUT2D eigenvalue weighted by Crippen LogP contribution is -2.51. The second-order valence-corrected chi connectivity index (χ2v) is 7.46. The molecule has 1 aromatic carbocycles. The summed E-state index contributed by atoms with van der Waals surface area (Å²) < 4.78 is 5.98. The van der Waals surface area contributed by atoms with Gasteiger partial charge in [0.1, 0.15) is 0 Å². The Morgan fingerprint density at radius 2 is 2.21 bits per heavy atom. The Morgan fingerprint density at radius 3 is 3.04 bits per heavy atom. The Kier molecular flexibility index (Phi) is 6.81. The molecular weight excluding hydrogens is 320 g/mol. The highest BCUT2D eigenvalue weighted by atomic mass is 32.2. The molecule has 3 rings (SSSR count). The summed E-state index contributed by atoms with van der Waals surface area (Å²) in [5.74, 6) is 1.87. The lowest BCUT2D eigenvalue weighted by molar-refractivity contribution is -0.0453. The summed E-state index contributed by atoms with van der Waals surface area (Å²) >= 11 is 1.85. The van der Waals surface area contributed by atoms with E-state index in [1.54, 1.807) is 0 Å². The highest BCUT2D eigenvalue weighted by Crippen LogP contribution is 2.22. The van der Waals surface area contributed by atoms with Gasteiger partial charge in [-0.15, -0.1) is 11.8 Å². The second kappa shape index (κ2) is 9.30. The molecular formula is C18H28N4OS. The Bertz CT molecular complexity index is 525. The van der Waals surface area contributed by atoms with Crippen LogP contribution in [-0.2, 0) is 4.74 Å². The standard InChI is InChI=1S/C18H28N4OS/c1-19-18(20-9-11-24-17-7-3-2-4-8-17)21-12-16-13-22-10-5-6-15(22)14-23-16/h2-4,7-8,15-16H,5-6,9-14H2,1H3,(H2,19,20,21). The number of ether oxygens (including phenoxy) is 1. The molecule has 0 amide bonds. The molecule has 0 aliphatic carbocycles. The average molecular weight is 349 g/mol. The first-order valence-electron chi connectivity index (χ1n) is 8.83. The van der Waals surface area contributed by atoms with Gasteiger partial charge < -0.3 is 15.4 Å². The van der Waals surface area contributed by atoms with Crippen LogP contribution in [0.4, 0.5) is 0 Å². The molecule has 2 N–H and O–H groups in total. The molecule has 2 atom stereocenters. The summed E-state index contributed by atoms with van der Waals surface area (Å²) in [6.45, 7) is 4.85. The Balaban J connectivity index is 1.32. The number of guanidine groups is 1. The van der Waals surface area contributed by atoms with Gasteiger partial charge in [0.2, 0.25) is 0 Å². The second-order valence-electron chi connectivity index (χ2n) is 6.29. The Labute approximate surface area is 149 Å². The van der Waals surface area contributed by atoms with Gasteiger partial charge in [-0.2, -0.15) is 0 Å². The van der Waals surface area contributed by atoms with Crippen LogP contribution in [0.1, 0.15) is 12.8 Å². The summed E-state index contributed by atoms with van der Waals surface area (Å²) in [5.41, 5.74) is 0. The van der Waals surface area contributed by atoms with Gasteiger partial charge in [0.25, 0.3) is 0 Å². The fourth-order valence-corrected chi connectivity index (χ4v) is 4.08. The molecule has 2 heterocycles. The molecule has 2 saturated heterocycles. The zero-order chi connectivity index (χ0) is 16.6. The van der Waals surface area contributed by atoms with Crippen LogP contribution in [0.3, 0.4) is 0 Å². The maximum Gasteiger partial charge on any atom is 0.191 e. The number of aliphatic imine (C=N–C) groups is 1. The van der Waals surface area contributed by atoms with Crippen LogP contribution >= 0.6 is 11.8 Å². The normalized spacial score (nSPS) is 24.6. The van der Waals surface area contributed by atoms with Crippen LogP contribution in [0, 0.1) is 0 Å². The van der Waals surface area contributed by atoms with Gasteiger partial charge in [0.15, 0.2) is 5.96 Å². The first-order chi connectivity index (χ1) is 11.8. The van der Waals surface area contributed by atoms with Crippen molar-refractivity contribution < 1.29 is 4.74 Å². The van der Waals surface area contributed by atoms with E-state index in [2.05, 4.69) is 44.8 Å². The quantitative estimate of drug-likeness (QED) is 0.355. The topological polar surface area (TPSA) is 48.9 Å². The van der Waals surface area contributed by atoms with E-state index >= 15 is 0 Å². The van der Waals surface area contributed by atoms with Gasteiger partial charge in [-0.1, -0.05) is 18.2 Å². The fraction of sp³-hybridized carbons (Fsp3) is 0.611. The van der Waals surface area contributed by atoms with E-state index in [4.69, 9.17) is 4.74 Å². The van der Waals surface area contributed by atoms with E-state index in [1.165, 1.54) is 24.3 Å². The zero-order valence-corrected chi connectivity index (χ0v) is 15.2. The van der Waals surface area contributed by atoms with Crippen molar-refractivity contribution in [1.82, 2.24) is 15.5 Å². The predicted molar refractivity (Wildman–Crippen MR) is 101 cm³/mol. The molecule has 5 nitrogen and oxygen atoms in total. The number of thioether (sulfide) groups is 1. The zero-order valence-electron chi connectivity index (χ0n) is 14.4. The largest absolute Gasteiger partial charge is 0.373 e. The third-order valence-corrected chi connectivity index (χ3v) is 5.60. The minimum atomic E-state index is 0.261. The minimum absolute atomic E-state index is 0.261. The highest BCUT2D eigenvalue weighted by Gasteiger charge is 2.31. The van der Waals surface area contributed by atoms with Crippen LogP contribution in [0.25, 0.3) is 0 Å². The van der Waals surface area contributed by atoms with E-state index in [9.17, 15) is 0 Å². The Hall–Kier alpha value is -1.24. The SMILES string of the molecule is CN=C(NCCSc1ccccc1)NCC1CN2CCCC2CO1. The maximum absolute atomic E-state index is 5.98. The number of fused-ring (bicyclic) bond motifs is 1. The van der Waals surface area contributed by atoms with Crippen LogP contribution in [0.15, 0.2) is 40.2 Å². The van der Waals surface area contributed by atoms with Crippen molar-refractivity contribution in [3.63, 3.8) is 0 Å². The Morgan fingerprint density at radius 1 is 1.33 bits per heavy atom. The van der Waals surface area contributed by atoms with Gasteiger partial charge in [-0.25, -0.2) is 0 Å². The molecule has 24 heavy (non-hydrogen) atoms. The van der Waals surface area contributed by atoms with E-state index in [1.807, 2.05) is 24.9 Å². The molecule has 2 aliphatic heterocycles. The molecule has 0 aromatic heterocycles. The van der Waals surface area contributed by atoms with Crippen molar-refractivity contribution in [3.05, 3.63) is 30.3 Å². The highest BCUT2D eigenvalue weighted by molar-refractivity contribution is 7.99. The van der Waals surface area contributed by atoms with Crippen LogP contribution in [0.5, 0.6) is 0 Å². The molecule has 0 radical (unpaired) electrons. The molecule has 0 spiro atoms. The number of hydrogen-bond donors (Lipinski definition) is 2. The van der Waals surface area contributed by atoms with Gasteiger partial charge in [0, 0.05) is 43.4 Å². The molecule has 132 valence electrons. The van der Waals surface area contributed by atoms with Crippen molar-refractivity contribution >= 4 is 17.7 Å². The predicted octanol–water partition coefficient (Wildman–Crippen LogP) is 1.81. The number of nitrogens with one attached hydrogen (secondary N) is 2. The molecule has 1 aromatic rings. The first-order valence-corrected chi connectivity index (χ1v) is 9.82. The molecule has 2 unspecified atom stereocenters. The monoisotopic (exact) mass is 348 g/mol. The van der Waals surface area contributed by atoms with E-state index in [-0.39, 0.29) is 6.10 Å². The van der Waals surface area contributed by atoms with Gasteiger partial charge >= 0.3 is 0 Å². The summed E-state index contributed by atoms with van der Waals surface area (Å²) in [5, 5.41) is 6.77.